The highest BCUT2D eigenvalue weighted by Gasteiger charge is 2.32. The molecule has 64 heavy (non-hydrogen) atoms. The van der Waals surface area contributed by atoms with Crippen molar-refractivity contribution in [2.75, 3.05) is 55.7 Å². The molecule has 7 amide bonds. The van der Waals surface area contributed by atoms with Crippen LogP contribution in [0.5, 0.6) is 0 Å². The van der Waals surface area contributed by atoms with Crippen molar-refractivity contribution in [2.45, 2.75) is 51.4 Å². The van der Waals surface area contributed by atoms with Gasteiger partial charge in [0.2, 0.25) is 11.7 Å². The lowest BCUT2D eigenvalue weighted by Gasteiger charge is -2.27. The zero-order valence-electron chi connectivity index (χ0n) is 36.5. The van der Waals surface area contributed by atoms with E-state index in [1.54, 1.807) is 56.4 Å². The lowest BCUT2D eigenvalue weighted by Crippen LogP contribution is -2.40. The molecule has 19 nitrogen and oxygen atoms in total. The zero-order chi connectivity index (χ0) is 45.9. The number of anilines is 3. The van der Waals surface area contributed by atoms with Gasteiger partial charge in [0.15, 0.2) is 5.82 Å². The van der Waals surface area contributed by atoms with Crippen molar-refractivity contribution in [3.8, 4) is 0 Å². The molecule has 1 aliphatic heterocycles. The molecule has 0 spiro atoms. The third-order valence-corrected chi connectivity index (χ3v) is 10.9. The fourth-order valence-corrected chi connectivity index (χ4v) is 7.74. The van der Waals surface area contributed by atoms with Gasteiger partial charge in [-0.15, -0.1) is 0 Å². The molecule has 0 fully saturated rings. The van der Waals surface area contributed by atoms with Crippen molar-refractivity contribution in [1.29, 1.82) is 0 Å². The Labute approximate surface area is 370 Å². The van der Waals surface area contributed by atoms with Gasteiger partial charge < -0.3 is 45.0 Å². The largest absolute Gasteiger partial charge is 0.465 e. The number of carbonyl (C=O) groups is 7. The summed E-state index contributed by atoms with van der Waals surface area (Å²) < 4.78 is 4.56. The normalized spacial score (nSPS) is 12.2. The number of hydrogen-bond donors (Lipinski definition) is 6. The molecule has 5 aromatic rings. The van der Waals surface area contributed by atoms with Gasteiger partial charge >= 0.3 is 6.09 Å². The molecule has 0 bridgehead atoms. The van der Waals surface area contributed by atoms with Crippen LogP contribution in [0.25, 0.3) is 10.8 Å². The molecule has 3 aromatic heterocycles. The average Bonchev–Trinajstić information content (AvgIpc) is 3.94. The van der Waals surface area contributed by atoms with Gasteiger partial charge in [0.1, 0.15) is 5.69 Å². The number of aromatic nitrogens is 4. The Kier molecular flexibility index (Phi) is 15.3. The first-order chi connectivity index (χ1) is 30.7. The van der Waals surface area contributed by atoms with E-state index in [0.717, 1.165) is 56.0 Å². The number of hydrogen-bond acceptors (Lipinski definition) is 9. The number of imide groups is 1. The first kappa shape index (κ1) is 46.2. The second kappa shape index (κ2) is 21.2. The Morgan fingerprint density at radius 1 is 0.703 bits per heavy atom. The third-order valence-electron chi connectivity index (χ3n) is 10.9. The molecule has 6 N–H and O–H groups in total. The summed E-state index contributed by atoms with van der Waals surface area (Å²) in [4.78, 5) is 96.3. The van der Waals surface area contributed by atoms with Gasteiger partial charge in [-0.3, -0.25) is 39.0 Å². The number of carboxylic acid groups (broad SMARTS) is 1. The van der Waals surface area contributed by atoms with Crippen molar-refractivity contribution >= 4 is 69.5 Å². The Morgan fingerprint density at radius 3 is 2.05 bits per heavy atom. The van der Waals surface area contributed by atoms with Crippen molar-refractivity contribution in [3.05, 3.63) is 95.5 Å². The maximum Gasteiger partial charge on any atom is 0.410 e. The van der Waals surface area contributed by atoms with E-state index in [-0.39, 0.29) is 46.5 Å². The molecule has 0 radical (unpaired) electrons. The molecule has 1 aliphatic rings. The van der Waals surface area contributed by atoms with Gasteiger partial charge in [-0.25, -0.2) is 9.78 Å². The Bertz CT molecular complexity index is 2500. The predicted molar refractivity (Wildman–Crippen MR) is 241 cm³/mol. The summed E-state index contributed by atoms with van der Waals surface area (Å²) in [7, 11) is 6.90. The second-order valence-corrected chi connectivity index (χ2v) is 16.0. The monoisotopic (exact) mass is 877 g/mol. The summed E-state index contributed by atoms with van der Waals surface area (Å²) >= 11 is 0. The van der Waals surface area contributed by atoms with Crippen LogP contribution >= 0.6 is 0 Å². The van der Waals surface area contributed by atoms with Crippen LogP contribution in [0.2, 0.25) is 0 Å². The quantitative estimate of drug-likeness (QED) is 0.0401. The summed E-state index contributed by atoms with van der Waals surface area (Å²) in [6.07, 6.45) is 10.9. The van der Waals surface area contributed by atoms with Gasteiger partial charge in [0, 0.05) is 88.5 Å². The molecule has 0 saturated heterocycles. The number of amides is 7. The van der Waals surface area contributed by atoms with E-state index >= 15 is 0 Å². The van der Waals surface area contributed by atoms with Gasteiger partial charge in [-0.05, 0) is 69.4 Å². The van der Waals surface area contributed by atoms with Crippen molar-refractivity contribution in [3.63, 3.8) is 0 Å². The standard InChI is InChI=1S/C45H55N11O8/c1-52(21-12-19-46-37(57)18-8-6-5-7-9-23-56-43(61)31-16-10-14-29-15-11-17-32(38(29)31)44(56)62)22-13-20-47-40(58)33-26-53(2)27-34(33)49-41(59)35-24-30(25-54(35)3)48-42(60)39-50-36(28-55(39)4)51-45(63)64/h10-11,14-17,24-28,51H,5-9,12-13,18-23H2,1-4H3,(H,46,57)(H,47,58)(H,48,60)(H,49,59)(H,63,64). The topological polar surface area (TPSA) is 234 Å². The van der Waals surface area contributed by atoms with Crippen LogP contribution in [0.3, 0.4) is 0 Å². The Balaban J connectivity index is 0.817. The summed E-state index contributed by atoms with van der Waals surface area (Å²) in [6, 6.07) is 12.6. The van der Waals surface area contributed by atoms with Crippen LogP contribution in [-0.4, -0.2) is 115 Å². The predicted octanol–water partition coefficient (Wildman–Crippen LogP) is 5.04. The van der Waals surface area contributed by atoms with Gasteiger partial charge in [0.25, 0.3) is 29.5 Å². The SMILES string of the molecule is CN(CCCNC(=O)CCCCCCCN1C(=O)c2cccc3cccc(c23)C1=O)CCCNC(=O)c1cn(C)cc1NC(=O)c1cc(NC(=O)c2nc(NC(=O)O)cn2C)cn1C. The highest BCUT2D eigenvalue weighted by molar-refractivity contribution is 6.25. The van der Waals surface area contributed by atoms with Crippen LogP contribution < -0.4 is 26.6 Å². The molecule has 6 rings (SSSR count). The number of nitrogens with one attached hydrogen (secondary N) is 5. The second-order valence-electron chi connectivity index (χ2n) is 16.0. The fourth-order valence-electron chi connectivity index (χ4n) is 7.74. The van der Waals surface area contributed by atoms with Crippen LogP contribution in [0.4, 0.5) is 22.0 Å². The van der Waals surface area contributed by atoms with Crippen LogP contribution in [-0.2, 0) is 25.9 Å². The maximum atomic E-state index is 13.3. The van der Waals surface area contributed by atoms with E-state index in [9.17, 15) is 33.6 Å². The highest BCUT2D eigenvalue weighted by atomic mass is 16.4. The van der Waals surface area contributed by atoms with Crippen LogP contribution in [0.1, 0.15) is 104 Å². The van der Waals surface area contributed by atoms with E-state index in [2.05, 4.69) is 36.5 Å². The molecular weight excluding hydrogens is 823 g/mol. The first-order valence-electron chi connectivity index (χ1n) is 21.3. The van der Waals surface area contributed by atoms with Gasteiger partial charge in [-0.2, -0.15) is 0 Å². The molecule has 4 heterocycles. The van der Waals surface area contributed by atoms with E-state index in [4.69, 9.17) is 5.11 Å². The third kappa shape index (κ3) is 11.6. The summed E-state index contributed by atoms with van der Waals surface area (Å²) in [6.45, 7) is 2.85. The van der Waals surface area contributed by atoms with E-state index < -0.39 is 17.9 Å². The number of benzene rings is 2. The molecule has 2 aromatic carbocycles. The van der Waals surface area contributed by atoms with Gasteiger partial charge in [-0.1, -0.05) is 43.5 Å². The molecule has 0 unspecified atom stereocenters. The Hall–Kier alpha value is -7.28. The van der Waals surface area contributed by atoms with Crippen molar-refractivity contribution < 1.29 is 38.7 Å². The Morgan fingerprint density at radius 2 is 1.36 bits per heavy atom. The summed E-state index contributed by atoms with van der Waals surface area (Å²) in [5.74, 6) is -1.98. The van der Waals surface area contributed by atoms with Crippen LogP contribution in [0.15, 0.2) is 67.3 Å². The molecule has 0 atom stereocenters. The smallest absolute Gasteiger partial charge is 0.410 e. The highest BCUT2D eigenvalue weighted by Crippen LogP contribution is 2.30. The molecule has 338 valence electrons. The zero-order valence-corrected chi connectivity index (χ0v) is 36.5. The minimum Gasteiger partial charge on any atom is -0.465 e. The number of nitrogens with zero attached hydrogens (tertiary/aromatic N) is 6. The maximum absolute atomic E-state index is 13.3. The number of imidazole rings is 1. The minimum atomic E-state index is -1.32. The van der Waals surface area contributed by atoms with E-state index in [1.807, 2.05) is 31.3 Å². The number of unbranched alkanes of at least 4 members (excludes halogenated alkanes) is 4. The first-order valence-corrected chi connectivity index (χ1v) is 21.3. The number of carbonyl (C=O) groups excluding carboxylic acids is 6. The van der Waals surface area contributed by atoms with Crippen molar-refractivity contribution in [2.24, 2.45) is 21.1 Å². The van der Waals surface area contributed by atoms with E-state index in [0.29, 0.717) is 61.4 Å². The molecule has 0 aliphatic carbocycles. The molecule has 0 saturated carbocycles. The number of rotatable bonds is 22. The lowest BCUT2D eigenvalue weighted by atomic mass is 9.94. The fraction of sp³-hybridized carbons (Fsp3) is 0.378. The van der Waals surface area contributed by atoms with Crippen molar-refractivity contribution in [1.82, 2.24) is 39.1 Å². The average molecular weight is 878 g/mol. The molecular formula is C45H55N11O8. The minimum absolute atomic E-state index is 0.0109. The van der Waals surface area contributed by atoms with E-state index in [1.165, 1.54) is 26.3 Å². The van der Waals surface area contributed by atoms with Crippen LogP contribution in [0, 0.1) is 0 Å². The molecule has 19 heteroatoms. The summed E-state index contributed by atoms with van der Waals surface area (Å²) in [5.41, 5.74) is 2.26. The van der Waals surface area contributed by atoms with Gasteiger partial charge in [0.05, 0.1) is 16.9 Å². The number of aryl methyl sites for hydroxylation is 3. The lowest BCUT2D eigenvalue weighted by molar-refractivity contribution is -0.121. The summed E-state index contributed by atoms with van der Waals surface area (Å²) in [5, 5.41) is 24.0.